The predicted molar refractivity (Wildman–Crippen MR) is 69.3 cm³/mol. The molecule has 0 bridgehead atoms. The topological polar surface area (TPSA) is 70.5 Å². The number of hydrogen-bond donors (Lipinski definition) is 1. The van der Waals surface area contributed by atoms with E-state index in [1.807, 2.05) is 6.92 Å². The molecule has 0 saturated carbocycles. The molecule has 0 aliphatic carbocycles. The van der Waals surface area contributed by atoms with E-state index in [0.717, 1.165) is 10.6 Å². The van der Waals surface area contributed by atoms with Gasteiger partial charge in [0.15, 0.2) is 11.5 Å². The minimum Gasteiger partial charge on any atom is -0.493 e. The number of oxazole rings is 1. The van der Waals surface area contributed by atoms with Crippen LogP contribution in [0.2, 0.25) is 0 Å². The number of rotatable bonds is 4. The maximum atomic E-state index is 5.95. The highest BCUT2D eigenvalue weighted by molar-refractivity contribution is 7.99. The van der Waals surface area contributed by atoms with Crippen molar-refractivity contribution in [1.82, 2.24) is 4.98 Å². The van der Waals surface area contributed by atoms with Crippen LogP contribution in [0.4, 0.5) is 5.69 Å². The van der Waals surface area contributed by atoms with Gasteiger partial charge >= 0.3 is 0 Å². The van der Waals surface area contributed by atoms with Crippen molar-refractivity contribution in [3.63, 3.8) is 0 Å². The normalized spacial score (nSPS) is 10.4. The van der Waals surface area contributed by atoms with Gasteiger partial charge in [0.25, 0.3) is 5.22 Å². The standard InChI is InChI=1S/C12H14N2O3S/c1-7-6-17-12(14-7)18-11-5-10(16-3)9(15-2)4-8(11)13/h4-6H,13H2,1-3H3. The average Bonchev–Trinajstić information content (AvgIpc) is 2.77. The van der Waals surface area contributed by atoms with Crippen LogP contribution in [0.15, 0.2) is 32.9 Å². The molecule has 6 heteroatoms. The number of nitrogens with two attached hydrogens (primary N) is 1. The van der Waals surface area contributed by atoms with Crippen LogP contribution < -0.4 is 15.2 Å². The molecular weight excluding hydrogens is 252 g/mol. The smallest absolute Gasteiger partial charge is 0.260 e. The molecule has 0 aliphatic heterocycles. The molecular formula is C12H14N2O3S. The predicted octanol–water partition coefficient (Wildman–Crippen LogP) is 2.73. The molecule has 2 aromatic rings. The summed E-state index contributed by atoms with van der Waals surface area (Å²) in [5, 5.41) is 0.548. The molecule has 0 atom stereocenters. The Kier molecular flexibility index (Phi) is 3.66. The van der Waals surface area contributed by atoms with Crippen molar-refractivity contribution >= 4 is 17.4 Å². The number of ether oxygens (including phenoxy) is 2. The van der Waals surface area contributed by atoms with Gasteiger partial charge in [-0.2, -0.15) is 0 Å². The largest absolute Gasteiger partial charge is 0.493 e. The van der Waals surface area contributed by atoms with Crippen molar-refractivity contribution in [2.75, 3.05) is 20.0 Å². The van der Waals surface area contributed by atoms with Crippen LogP contribution in [0.3, 0.4) is 0 Å². The van der Waals surface area contributed by atoms with Crippen LogP contribution >= 0.6 is 11.8 Å². The molecule has 0 unspecified atom stereocenters. The first-order chi connectivity index (χ1) is 8.63. The molecule has 1 aromatic heterocycles. The van der Waals surface area contributed by atoms with E-state index in [0.29, 0.717) is 22.4 Å². The minimum absolute atomic E-state index is 0.548. The Balaban J connectivity index is 2.33. The van der Waals surface area contributed by atoms with E-state index in [-0.39, 0.29) is 0 Å². The molecule has 5 nitrogen and oxygen atoms in total. The molecule has 1 heterocycles. The number of aromatic nitrogens is 1. The molecule has 96 valence electrons. The number of benzene rings is 1. The summed E-state index contributed by atoms with van der Waals surface area (Å²) in [6, 6.07) is 3.52. The van der Waals surface area contributed by atoms with E-state index in [9.17, 15) is 0 Å². The van der Waals surface area contributed by atoms with E-state index < -0.39 is 0 Å². The summed E-state index contributed by atoms with van der Waals surface area (Å²) in [6.45, 7) is 1.87. The van der Waals surface area contributed by atoms with Crippen molar-refractivity contribution in [2.45, 2.75) is 17.0 Å². The van der Waals surface area contributed by atoms with Crippen LogP contribution in [-0.2, 0) is 0 Å². The van der Waals surface area contributed by atoms with Gasteiger partial charge in [-0.25, -0.2) is 4.98 Å². The quantitative estimate of drug-likeness (QED) is 0.858. The Morgan fingerprint density at radius 2 is 1.89 bits per heavy atom. The van der Waals surface area contributed by atoms with Gasteiger partial charge in [-0.1, -0.05) is 0 Å². The van der Waals surface area contributed by atoms with E-state index in [4.69, 9.17) is 19.6 Å². The molecule has 0 spiro atoms. The third-order valence-corrected chi connectivity index (χ3v) is 3.25. The molecule has 0 fully saturated rings. The Labute approximate surface area is 109 Å². The average molecular weight is 266 g/mol. The Hall–Kier alpha value is -1.82. The first-order valence-corrected chi connectivity index (χ1v) is 6.07. The molecule has 18 heavy (non-hydrogen) atoms. The summed E-state index contributed by atoms with van der Waals surface area (Å²) >= 11 is 1.35. The monoisotopic (exact) mass is 266 g/mol. The lowest BCUT2D eigenvalue weighted by molar-refractivity contribution is 0.354. The van der Waals surface area contributed by atoms with Gasteiger partial charge in [-0.15, -0.1) is 0 Å². The summed E-state index contributed by atoms with van der Waals surface area (Å²) in [4.78, 5) is 5.03. The van der Waals surface area contributed by atoms with Crippen LogP contribution in [0.1, 0.15) is 5.69 Å². The second-order valence-corrected chi connectivity index (χ2v) is 4.60. The summed E-state index contributed by atoms with van der Waals surface area (Å²) in [5.41, 5.74) is 7.37. The maximum absolute atomic E-state index is 5.95. The lowest BCUT2D eigenvalue weighted by Crippen LogP contribution is -1.95. The highest BCUT2D eigenvalue weighted by Crippen LogP contribution is 2.39. The molecule has 1 aromatic carbocycles. The number of methoxy groups -OCH3 is 2. The number of anilines is 1. The third-order valence-electron chi connectivity index (χ3n) is 2.31. The zero-order valence-electron chi connectivity index (χ0n) is 10.4. The lowest BCUT2D eigenvalue weighted by atomic mass is 10.3. The fraction of sp³-hybridized carbons (Fsp3) is 0.250. The molecule has 0 amide bonds. The number of aryl methyl sites for hydroxylation is 1. The SMILES string of the molecule is COc1cc(N)c(Sc2nc(C)co2)cc1OC. The van der Waals surface area contributed by atoms with Crippen molar-refractivity contribution in [2.24, 2.45) is 0 Å². The van der Waals surface area contributed by atoms with E-state index in [2.05, 4.69) is 4.98 Å². The van der Waals surface area contributed by atoms with E-state index in [1.165, 1.54) is 11.8 Å². The lowest BCUT2D eigenvalue weighted by Gasteiger charge is -2.10. The first-order valence-electron chi connectivity index (χ1n) is 5.25. The highest BCUT2D eigenvalue weighted by atomic mass is 32.2. The molecule has 0 saturated heterocycles. The Bertz CT molecular complexity index is 554. The highest BCUT2D eigenvalue weighted by Gasteiger charge is 2.12. The van der Waals surface area contributed by atoms with Gasteiger partial charge in [-0.3, -0.25) is 0 Å². The van der Waals surface area contributed by atoms with Gasteiger partial charge in [0, 0.05) is 22.7 Å². The van der Waals surface area contributed by atoms with Crippen molar-refractivity contribution in [3.05, 3.63) is 24.1 Å². The molecule has 0 radical (unpaired) electrons. The van der Waals surface area contributed by atoms with E-state index in [1.54, 1.807) is 32.6 Å². The molecule has 0 aliphatic rings. The second kappa shape index (κ2) is 5.22. The Morgan fingerprint density at radius 3 is 2.44 bits per heavy atom. The molecule has 2 N–H and O–H groups in total. The Morgan fingerprint density at radius 1 is 1.22 bits per heavy atom. The number of nitrogens with zero attached hydrogens (tertiary/aromatic N) is 1. The summed E-state index contributed by atoms with van der Waals surface area (Å²) in [6.07, 6.45) is 1.60. The van der Waals surface area contributed by atoms with Gasteiger partial charge in [0.2, 0.25) is 0 Å². The van der Waals surface area contributed by atoms with Gasteiger partial charge < -0.3 is 19.6 Å². The zero-order chi connectivity index (χ0) is 13.1. The zero-order valence-corrected chi connectivity index (χ0v) is 11.2. The summed E-state index contributed by atoms with van der Waals surface area (Å²) < 4.78 is 15.7. The second-order valence-electron chi connectivity index (χ2n) is 3.60. The number of nitrogen functional groups attached to an aromatic ring is 1. The van der Waals surface area contributed by atoms with Crippen LogP contribution in [0.25, 0.3) is 0 Å². The van der Waals surface area contributed by atoms with Gasteiger partial charge in [0.1, 0.15) is 6.26 Å². The fourth-order valence-corrected chi connectivity index (χ4v) is 2.25. The van der Waals surface area contributed by atoms with Gasteiger partial charge in [-0.05, 0) is 18.7 Å². The van der Waals surface area contributed by atoms with Crippen molar-refractivity contribution in [3.8, 4) is 11.5 Å². The van der Waals surface area contributed by atoms with Crippen LogP contribution in [-0.4, -0.2) is 19.2 Å². The molecule has 2 rings (SSSR count). The third kappa shape index (κ3) is 2.53. The van der Waals surface area contributed by atoms with Crippen molar-refractivity contribution in [1.29, 1.82) is 0 Å². The minimum atomic E-state index is 0.548. The van der Waals surface area contributed by atoms with E-state index >= 15 is 0 Å². The first kappa shape index (κ1) is 12.6. The summed E-state index contributed by atoms with van der Waals surface area (Å²) in [7, 11) is 3.15. The summed E-state index contributed by atoms with van der Waals surface area (Å²) in [5.74, 6) is 1.22. The maximum Gasteiger partial charge on any atom is 0.260 e. The van der Waals surface area contributed by atoms with Crippen LogP contribution in [0, 0.1) is 6.92 Å². The van der Waals surface area contributed by atoms with Gasteiger partial charge in [0.05, 0.1) is 19.9 Å². The number of hydrogen-bond acceptors (Lipinski definition) is 6. The van der Waals surface area contributed by atoms with Crippen LogP contribution in [0.5, 0.6) is 11.5 Å². The van der Waals surface area contributed by atoms with Crippen molar-refractivity contribution < 1.29 is 13.9 Å². The fourth-order valence-electron chi connectivity index (χ4n) is 1.44.